The monoisotopic (exact) mass is 155 g/mol. The highest BCUT2D eigenvalue weighted by molar-refractivity contribution is 5.35. The Morgan fingerprint density at radius 1 is 1.55 bits per heavy atom. The molecular weight excluding hydrogens is 145 g/mol. The molecule has 2 nitrogen and oxygen atoms in total. The molecule has 60 valence electrons. The van der Waals surface area contributed by atoms with E-state index in [1.54, 1.807) is 13.0 Å². The van der Waals surface area contributed by atoms with Crippen LogP contribution in [0.4, 0.5) is 4.39 Å². The number of halogens is 1. The Morgan fingerprint density at radius 3 is 2.64 bits per heavy atom. The van der Waals surface area contributed by atoms with E-state index in [4.69, 9.17) is 10.8 Å². The van der Waals surface area contributed by atoms with Crippen LogP contribution in [0.2, 0.25) is 0 Å². The van der Waals surface area contributed by atoms with E-state index in [2.05, 4.69) is 0 Å². The lowest BCUT2D eigenvalue weighted by Crippen LogP contribution is -2.05. The zero-order valence-electron chi connectivity index (χ0n) is 6.21. The number of hydrogen-bond acceptors (Lipinski definition) is 2. The summed E-state index contributed by atoms with van der Waals surface area (Å²) >= 11 is 0. The van der Waals surface area contributed by atoms with Crippen LogP contribution in [0.5, 0.6) is 5.75 Å². The van der Waals surface area contributed by atoms with E-state index >= 15 is 0 Å². The van der Waals surface area contributed by atoms with E-state index in [1.165, 1.54) is 12.1 Å². The number of benzene rings is 1. The first kappa shape index (κ1) is 8.01. The molecule has 0 saturated heterocycles. The summed E-state index contributed by atoms with van der Waals surface area (Å²) in [6, 6.07) is 3.98. The highest BCUT2D eigenvalue weighted by Crippen LogP contribution is 2.24. The second-order valence-corrected chi connectivity index (χ2v) is 2.47. The summed E-state index contributed by atoms with van der Waals surface area (Å²) in [5.41, 5.74) is 5.89. The minimum absolute atomic E-state index is 0.342. The Balaban J connectivity index is 3.17. The van der Waals surface area contributed by atoms with Gasteiger partial charge in [-0.25, -0.2) is 4.39 Å². The van der Waals surface area contributed by atoms with Crippen LogP contribution < -0.4 is 5.73 Å². The first-order chi connectivity index (χ1) is 5.13. The van der Waals surface area contributed by atoms with Crippen molar-refractivity contribution in [2.24, 2.45) is 5.73 Å². The Morgan fingerprint density at radius 2 is 2.18 bits per heavy atom. The molecule has 0 saturated carbocycles. The largest absolute Gasteiger partial charge is 0.505 e. The van der Waals surface area contributed by atoms with E-state index in [1.807, 2.05) is 0 Å². The molecule has 0 bridgehead atoms. The third kappa shape index (κ3) is 1.49. The van der Waals surface area contributed by atoms with Gasteiger partial charge in [0.05, 0.1) is 0 Å². The van der Waals surface area contributed by atoms with E-state index in [9.17, 15) is 4.39 Å². The molecule has 1 rings (SSSR count). The van der Waals surface area contributed by atoms with Crippen molar-refractivity contribution in [3.8, 4) is 5.75 Å². The lowest BCUT2D eigenvalue weighted by molar-refractivity contribution is 0.422. The van der Waals surface area contributed by atoms with Crippen LogP contribution in [-0.2, 0) is 0 Å². The van der Waals surface area contributed by atoms with Crippen molar-refractivity contribution < 1.29 is 9.50 Å². The van der Waals surface area contributed by atoms with Crippen LogP contribution in [0.25, 0.3) is 0 Å². The molecule has 0 aromatic heterocycles. The SMILES string of the molecule is CC(N)c1cccc(F)c1O. The van der Waals surface area contributed by atoms with E-state index in [0.717, 1.165) is 0 Å². The van der Waals surface area contributed by atoms with Gasteiger partial charge in [-0.05, 0) is 13.0 Å². The summed E-state index contributed by atoms with van der Waals surface area (Å²) in [6.45, 7) is 1.69. The van der Waals surface area contributed by atoms with Gasteiger partial charge in [-0.2, -0.15) is 0 Å². The summed E-state index contributed by atoms with van der Waals surface area (Å²) in [6.07, 6.45) is 0. The van der Waals surface area contributed by atoms with E-state index < -0.39 is 5.82 Å². The molecule has 0 radical (unpaired) electrons. The third-order valence-electron chi connectivity index (χ3n) is 1.51. The van der Waals surface area contributed by atoms with Crippen molar-refractivity contribution >= 4 is 0 Å². The van der Waals surface area contributed by atoms with Gasteiger partial charge in [0.25, 0.3) is 0 Å². The van der Waals surface area contributed by atoms with Crippen molar-refractivity contribution in [1.82, 2.24) is 0 Å². The van der Waals surface area contributed by atoms with Gasteiger partial charge in [0.15, 0.2) is 11.6 Å². The van der Waals surface area contributed by atoms with Crippen molar-refractivity contribution in [2.75, 3.05) is 0 Å². The minimum atomic E-state index is -0.625. The molecule has 3 N–H and O–H groups in total. The number of phenolic OH excluding ortho intramolecular Hbond substituents is 1. The molecule has 0 aliphatic heterocycles. The fraction of sp³-hybridized carbons (Fsp3) is 0.250. The van der Waals surface area contributed by atoms with Crippen molar-refractivity contribution in [3.05, 3.63) is 29.6 Å². The maximum absolute atomic E-state index is 12.6. The molecule has 1 aromatic rings. The second-order valence-electron chi connectivity index (χ2n) is 2.47. The number of hydrogen-bond donors (Lipinski definition) is 2. The quantitative estimate of drug-likeness (QED) is 0.646. The average molecular weight is 155 g/mol. The summed E-state index contributed by atoms with van der Waals surface area (Å²) in [5, 5.41) is 9.11. The van der Waals surface area contributed by atoms with Crippen molar-refractivity contribution in [1.29, 1.82) is 0 Å². The summed E-state index contributed by atoms with van der Waals surface area (Å²) in [5.74, 6) is -0.970. The highest BCUT2D eigenvalue weighted by atomic mass is 19.1. The van der Waals surface area contributed by atoms with Gasteiger partial charge in [-0.1, -0.05) is 12.1 Å². The molecule has 1 unspecified atom stereocenters. The van der Waals surface area contributed by atoms with Gasteiger partial charge in [0.2, 0.25) is 0 Å². The summed E-state index contributed by atoms with van der Waals surface area (Å²) in [4.78, 5) is 0. The molecule has 1 aromatic carbocycles. The van der Waals surface area contributed by atoms with Gasteiger partial charge in [0.1, 0.15) is 0 Å². The molecule has 3 heteroatoms. The predicted molar refractivity (Wildman–Crippen MR) is 40.7 cm³/mol. The Kier molecular flexibility index (Phi) is 2.10. The van der Waals surface area contributed by atoms with Gasteiger partial charge in [-0.3, -0.25) is 0 Å². The highest BCUT2D eigenvalue weighted by Gasteiger charge is 2.08. The Labute approximate surface area is 64.5 Å². The molecule has 11 heavy (non-hydrogen) atoms. The Bertz CT molecular complexity index is 260. The summed E-state index contributed by atoms with van der Waals surface area (Å²) in [7, 11) is 0. The van der Waals surface area contributed by atoms with Gasteiger partial charge in [-0.15, -0.1) is 0 Å². The van der Waals surface area contributed by atoms with E-state index in [0.29, 0.717) is 5.56 Å². The molecule has 0 heterocycles. The second kappa shape index (κ2) is 2.88. The summed E-state index contributed by atoms with van der Waals surface area (Å²) < 4.78 is 12.6. The molecule has 1 atom stereocenters. The van der Waals surface area contributed by atoms with Crippen LogP contribution >= 0.6 is 0 Å². The lowest BCUT2D eigenvalue weighted by atomic mass is 10.1. The first-order valence-electron chi connectivity index (χ1n) is 3.36. The van der Waals surface area contributed by atoms with Crippen LogP contribution in [0, 0.1) is 5.82 Å². The first-order valence-corrected chi connectivity index (χ1v) is 3.36. The maximum Gasteiger partial charge on any atom is 0.165 e. The Hall–Kier alpha value is -1.09. The van der Waals surface area contributed by atoms with Crippen molar-refractivity contribution in [2.45, 2.75) is 13.0 Å². The standard InChI is InChI=1S/C8H10FNO/c1-5(10)6-3-2-4-7(9)8(6)11/h2-5,11H,10H2,1H3. The molecule has 0 fully saturated rings. The number of phenols is 1. The maximum atomic E-state index is 12.6. The number of rotatable bonds is 1. The molecule has 0 spiro atoms. The number of nitrogens with two attached hydrogens (primary N) is 1. The van der Waals surface area contributed by atoms with Crippen LogP contribution in [0.3, 0.4) is 0 Å². The van der Waals surface area contributed by atoms with Gasteiger partial charge < -0.3 is 10.8 Å². The zero-order chi connectivity index (χ0) is 8.43. The lowest BCUT2D eigenvalue weighted by Gasteiger charge is -2.07. The van der Waals surface area contributed by atoms with E-state index in [-0.39, 0.29) is 11.8 Å². The van der Waals surface area contributed by atoms with Crippen molar-refractivity contribution in [3.63, 3.8) is 0 Å². The normalized spacial score (nSPS) is 13.0. The predicted octanol–water partition coefficient (Wildman–Crippen LogP) is 1.55. The fourth-order valence-corrected chi connectivity index (χ4v) is 0.899. The number of aromatic hydroxyl groups is 1. The molecule has 0 aliphatic carbocycles. The third-order valence-corrected chi connectivity index (χ3v) is 1.51. The molecule has 0 amide bonds. The zero-order valence-corrected chi connectivity index (χ0v) is 6.21. The number of para-hydroxylation sites is 1. The minimum Gasteiger partial charge on any atom is -0.505 e. The topological polar surface area (TPSA) is 46.2 Å². The molecular formula is C8H10FNO. The van der Waals surface area contributed by atoms with Crippen LogP contribution in [-0.4, -0.2) is 5.11 Å². The average Bonchev–Trinajstić information content (AvgIpc) is 1.94. The van der Waals surface area contributed by atoms with Gasteiger partial charge in [0, 0.05) is 11.6 Å². The van der Waals surface area contributed by atoms with Gasteiger partial charge >= 0.3 is 0 Å². The smallest absolute Gasteiger partial charge is 0.165 e. The molecule has 0 aliphatic rings. The van der Waals surface area contributed by atoms with Crippen LogP contribution in [0.1, 0.15) is 18.5 Å². The van der Waals surface area contributed by atoms with Crippen LogP contribution in [0.15, 0.2) is 18.2 Å². The fourth-order valence-electron chi connectivity index (χ4n) is 0.899.